The van der Waals surface area contributed by atoms with Crippen molar-refractivity contribution in [2.45, 2.75) is 6.42 Å². The summed E-state index contributed by atoms with van der Waals surface area (Å²) in [4.78, 5) is 17.4. The third-order valence-electron chi connectivity index (χ3n) is 2.22. The summed E-state index contributed by atoms with van der Waals surface area (Å²) < 4.78 is 4.93. The fourth-order valence-electron chi connectivity index (χ4n) is 1.35. The van der Waals surface area contributed by atoms with E-state index in [0.717, 1.165) is 6.42 Å². The lowest BCUT2D eigenvalue weighted by Gasteiger charge is -2.16. The molecule has 0 spiro atoms. The number of nitrogen functional groups attached to an aromatic ring is 1. The van der Waals surface area contributed by atoms with E-state index in [9.17, 15) is 4.79 Å². The van der Waals surface area contributed by atoms with Gasteiger partial charge in [0.05, 0.1) is 0 Å². The highest BCUT2D eigenvalue weighted by molar-refractivity contribution is 5.94. The topological polar surface area (TPSA) is 68.5 Å². The van der Waals surface area contributed by atoms with Gasteiger partial charge in [-0.1, -0.05) is 0 Å². The Morgan fingerprint density at radius 3 is 3.00 bits per heavy atom. The average Bonchev–Trinajstić information content (AvgIpc) is 2.28. The number of carbonyl (C=O) groups is 1. The van der Waals surface area contributed by atoms with Crippen LogP contribution in [0.15, 0.2) is 18.3 Å². The van der Waals surface area contributed by atoms with Crippen molar-refractivity contribution in [2.24, 2.45) is 0 Å². The number of anilines is 1. The molecule has 2 N–H and O–H groups in total. The predicted octanol–water partition coefficient (Wildman–Crippen LogP) is 0.772. The van der Waals surface area contributed by atoms with E-state index in [1.54, 1.807) is 31.2 Å². The summed E-state index contributed by atoms with van der Waals surface area (Å²) >= 11 is 0. The van der Waals surface area contributed by atoms with Gasteiger partial charge in [0.1, 0.15) is 5.82 Å². The summed E-state index contributed by atoms with van der Waals surface area (Å²) in [5.74, 6) is 0.307. The Labute approximate surface area is 95.2 Å². The minimum absolute atomic E-state index is 0.0507. The van der Waals surface area contributed by atoms with Crippen LogP contribution in [0.4, 0.5) is 5.82 Å². The van der Waals surface area contributed by atoms with Gasteiger partial charge in [-0.25, -0.2) is 4.98 Å². The highest BCUT2D eigenvalue weighted by atomic mass is 16.5. The number of nitrogens with two attached hydrogens (primary N) is 1. The number of carbonyl (C=O) groups excluding carboxylic acids is 1. The Bertz CT molecular complexity index is 355. The lowest BCUT2D eigenvalue weighted by atomic mass is 10.2. The van der Waals surface area contributed by atoms with Gasteiger partial charge in [0.25, 0.3) is 5.91 Å². The Kier molecular flexibility index (Phi) is 4.72. The molecule has 88 valence electrons. The average molecular weight is 223 g/mol. The van der Waals surface area contributed by atoms with Gasteiger partial charge in [-0.05, 0) is 18.6 Å². The lowest BCUT2D eigenvalue weighted by molar-refractivity contribution is 0.0779. The van der Waals surface area contributed by atoms with Crippen LogP contribution in [0.3, 0.4) is 0 Å². The molecule has 1 heterocycles. The van der Waals surface area contributed by atoms with Gasteiger partial charge < -0.3 is 15.4 Å². The maximum Gasteiger partial charge on any atom is 0.253 e. The maximum atomic E-state index is 11.9. The Hall–Kier alpha value is -1.62. The van der Waals surface area contributed by atoms with Crippen molar-refractivity contribution < 1.29 is 9.53 Å². The fourth-order valence-corrected chi connectivity index (χ4v) is 1.35. The van der Waals surface area contributed by atoms with Gasteiger partial charge in [-0.2, -0.15) is 0 Å². The molecule has 0 aromatic carbocycles. The first kappa shape index (κ1) is 12.4. The molecule has 0 saturated heterocycles. The van der Waals surface area contributed by atoms with E-state index in [-0.39, 0.29) is 5.91 Å². The van der Waals surface area contributed by atoms with Crippen LogP contribution in [-0.4, -0.2) is 43.1 Å². The van der Waals surface area contributed by atoms with Crippen LogP contribution in [0.2, 0.25) is 0 Å². The fraction of sp³-hybridized carbons (Fsp3) is 0.455. The first-order valence-corrected chi connectivity index (χ1v) is 5.11. The molecule has 0 unspecified atom stereocenters. The molecule has 1 amide bonds. The Morgan fingerprint density at radius 1 is 1.62 bits per heavy atom. The zero-order chi connectivity index (χ0) is 12.0. The van der Waals surface area contributed by atoms with Crippen LogP contribution in [0.5, 0.6) is 0 Å². The van der Waals surface area contributed by atoms with Gasteiger partial charge in [0.2, 0.25) is 0 Å². The summed E-state index contributed by atoms with van der Waals surface area (Å²) in [5, 5.41) is 0. The molecule has 0 fully saturated rings. The molecular weight excluding hydrogens is 206 g/mol. The van der Waals surface area contributed by atoms with E-state index in [1.807, 2.05) is 0 Å². The summed E-state index contributed by atoms with van der Waals surface area (Å²) in [5.41, 5.74) is 6.08. The van der Waals surface area contributed by atoms with E-state index in [4.69, 9.17) is 10.5 Å². The van der Waals surface area contributed by atoms with Crippen molar-refractivity contribution in [3.8, 4) is 0 Å². The van der Waals surface area contributed by atoms with E-state index < -0.39 is 0 Å². The van der Waals surface area contributed by atoms with Crippen LogP contribution in [-0.2, 0) is 4.74 Å². The van der Waals surface area contributed by atoms with E-state index in [2.05, 4.69) is 4.98 Å². The van der Waals surface area contributed by atoms with Crippen LogP contribution < -0.4 is 5.73 Å². The molecule has 1 aromatic rings. The van der Waals surface area contributed by atoms with Gasteiger partial charge in [-0.3, -0.25) is 4.79 Å². The highest BCUT2D eigenvalue weighted by Crippen LogP contribution is 2.06. The monoisotopic (exact) mass is 223 g/mol. The number of hydrogen-bond acceptors (Lipinski definition) is 4. The predicted molar refractivity (Wildman–Crippen MR) is 62.1 cm³/mol. The molecule has 0 aliphatic rings. The van der Waals surface area contributed by atoms with Crippen molar-refractivity contribution in [2.75, 3.05) is 33.0 Å². The molecule has 5 nitrogen and oxygen atoms in total. The summed E-state index contributed by atoms with van der Waals surface area (Å²) in [7, 11) is 3.40. The largest absolute Gasteiger partial charge is 0.385 e. The molecule has 1 rings (SSSR count). The molecule has 16 heavy (non-hydrogen) atoms. The smallest absolute Gasteiger partial charge is 0.253 e. The van der Waals surface area contributed by atoms with Gasteiger partial charge in [-0.15, -0.1) is 0 Å². The van der Waals surface area contributed by atoms with Gasteiger partial charge in [0.15, 0.2) is 0 Å². The molecule has 0 aliphatic heterocycles. The minimum atomic E-state index is -0.0507. The first-order valence-electron chi connectivity index (χ1n) is 5.11. The number of ether oxygens (including phenoxy) is 1. The summed E-state index contributed by atoms with van der Waals surface area (Å²) in [6.07, 6.45) is 2.35. The zero-order valence-electron chi connectivity index (χ0n) is 9.64. The van der Waals surface area contributed by atoms with Crippen molar-refractivity contribution in [1.29, 1.82) is 0 Å². The number of aromatic nitrogens is 1. The van der Waals surface area contributed by atoms with Crippen LogP contribution in [0, 0.1) is 0 Å². The summed E-state index contributed by atoms with van der Waals surface area (Å²) in [6, 6.07) is 3.24. The third-order valence-corrected chi connectivity index (χ3v) is 2.22. The quantitative estimate of drug-likeness (QED) is 0.749. The van der Waals surface area contributed by atoms with Crippen LogP contribution in [0.1, 0.15) is 16.8 Å². The second kappa shape index (κ2) is 6.07. The molecule has 0 radical (unpaired) electrons. The summed E-state index contributed by atoms with van der Waals surface area (Å²) in [6.45, 7) is 1.31. The van der Waals surface area contributed by atoms with Crippen molar-refractivity contribution in [3.63, 3.8) is 0 Å². The number of rotatable bonds is 5. The van der Waals surface area contributed by atoms with Crippen molar-refractivity contribution >= 4 is 11.7 Å². The van der Waals surface area contributed by atoms with Crippen molar-refractivity contribution in [3.05, 3.63) is 23.9 Å². The minimum Gasteiger partial charge on any atom is -0.385 e. The van der Waals surface area contributed by atoms with Crippen LogP contribution >= 0.6 is 0 Å². The standard InChI is InChI=1S/C11H17N3O2/c1-14(6-3-7-16-2)11(15)9-4-5-13-10(12)8-9/h4-5,8H,3,6-7H2,1-2H3,(H2,12,13). The second-order valence-corrected chi connectivity index (χ2v) is 3.54. The number of hydrogen-bond donors (Lipinski definition) is 1. The molecule has 0 bridgehead atoms. The molecular formula is C11H17N3O2. The number of pyridine rings is 1. The highest BCUT2D eigenvalue weighted by Gasteiger charge is 2.11. The van der Waals surface area contributed by atoms with E-state index in [0.29, 0.717) is 24.5 Å². The zero-order valence-corrected chi connectivity index (χ0v) is 9.64. The van der Waals surface area contributed by atoms with E-state index in [1.165, 1.54) is 6.20 Å². The molecule has 5 heteroatoms. The first-order chi connectivity index (χ1) is 7.65. The van der Waals surface area contributed by atoms with Gasteiger partial charge >= 0.3 is 0 Å². The normalized spacial score (nSPS) is 10.1. The number of nitrogens with zero attached hydrogens (tertiary/aromatic N) is 2. The van der Waals surface area contributed by atoms with Gasteiger partial charge in [0, 0.05) is 39.1 Å². The molecule has 0 saturated carbocycles. The number of methoxy groups -OCH3 is 1. The third kappa shape index (κ3) is 3.51. The maximum absolute atomic E-state index is 11.9. The SMILES string of the molecule is COCCCN(C)C(=O)c1ccnc(N)c1. The van der Waals surface area contributed by atoms with Crippen LogP contribution in [0.25, 0.3) is 0 Å². The molecule has 1 aromatic heterocycles. The molecule has 0 aliphatic carbocycles. The molecule has 0 atom stereocenters. The van der Waals surface area contributed by atoms with Crippen molar-refractivity contribution in [1.82, 2.24) is 9.88 Å². The number of amides is 1. The Morgan fingerprint density at radius 2 is 2.38 bits per heavy atom. The lowest BCUT2D eigenvalue weighted by Crippen LogP contribution is -2.28. The Balaban J connectivity index is 2.56. The van der Waals surface area contributed by atoms with E-state index >= 15 is 0 Å². The second-order valence-electron chi connectivity index (χ2n) is 3.54.